The summed E-state index contributed by atoms with van der Waals surface area (Å²) in [6.07, 6.45) is 0. The fraction of sp³-hybridized carbons (Fsp3) is 0. The van der Waals surface area contributed by atoms with Crippen LogP contribution in [0.4, 0.5) is 11.4 Å². The van der Waals surface area contributed by atoms with Crippen LogP contribution in [0.2, 0.25) is 0 Å². The molecule has 4 N–H and O–H groups in total. The van der Waals surface area contributed by atoms with E-state index < -0.39 is 10.0 Å². The minimum absolute atomic E-state index is 0.00994. The van der Waals surface area contributed by atoms with Gasteiger partial charge in [0.15, 0.2) is 10.9 Å². The Bertz CT molecular complexity index is 1110. The number of hydrogen-bond acceptors (Lipinski definition) is 4. The summed E-state index contributed by atoms with van der Waals surface area (Å²) >= 11 is 5.31. The molecule has 0 atom stereocenters. The van der Waals surface area contributed by atoms with Crippen molar-refractivity contribution in [3.8, 4) is 0 Å². The van der Waals surface area contributed by atoms with Crippen molar-refractivity contribution in [2.45, 2.75) is 4.90 Å². The third-order valence-corrected chi connectivity index (χ3v) is 5.03. The van der Waals surface area contributed by atoms with Crippen LogP contribution in [-0.4, -0.2) is 19.3 Å². The molecular weight excluding hydrogens is 394 g/mol. The van der Waals surface area contributed by atoms with Crippen molar-refractivity contribution < 1.29 is 13.2 Å². The molecule has 0 amide bonds. The van der Waals surface area contributed by atoms with Gasteiger partial charge in [0.2, 0.25) is 10.0 Å². The Hall–Kier alpha value is -3.07. The van der Waals surface area contributed by atoms with Gasteiger partial charge in [-0.3, -0.25) is 4.79 Å². The zero-order valence-corrected chi connectivity index (χ0v) is 16.3. The number of nitrogens with two attached hydrogens (primary N) is 1. The fourth-order valence-electron chi connectivity index (χ4n) is 2.55. The summed E-state index contributed by atoms with van der Waals surface area (Å²) < 4.78 is 22.6. The first-order chi connectivity index (χ1) is 13.3. The number of primary sulfonamides is 1. The number of thiocarbonyl (C=S) groups is 1. The molecule has 0 radical (unpaired) electrons. The number of sulfonamides is 1. The molecule has 0 bridgehead atoms. The second-order valence-corrected chi connectivity index (χ2v) is 7.86. The molecule has 8 heteroatoms. The first-order valence-corrected chi connectivity index (χ1v) is 10.2. The lowest BCUT2D eigenvalue weighted by atomic mass is 10.0. The molecule has 0 fully saturated rings. The van der Waals surface area contributed by atoms with Crippen molar-refractivity contribution in [3.63, 3.8) is 0 Å². The van der Waals surface area contributed by atoms with Crippen molar-refractivity contribution in [1.82, 2.24) is 0 Å². The van der Waals surface area contributed by atoms with Crippen LogP contribution in [0.15, 0.2) is 83.8 Å². The maximum absolute atomic E-state index is 12.8. The van der Waals surface area contributed by atoms with Crippen LogP contribution in [0.25, 0.3) is 0 Å². The molecule has 0 aliphatic rings. The number of hydrogen-bond donors (Lipinski definition) is 3. The first kappa shape index (κ1) is 19.7. The van der Waals surface area contributed by atoms with Crippen LogP contribution < -0.4 is 15.8 Å². The first-order valence-electron chi connectivity index (χ1n) is 8.24. The SMILES string of the molecule is NS(=O)(=O)c1ccc(NC(=S)Nc2ccccc2C(=O)c2ccccc2)cc1. The third kappa shape index (κ3) is 4.80. The van der Waals surface area contributed by atoms with Crippen LogP contribution in [-0.2, 0) is 10.0 Å². The van der Waals surface area contributed by atoms with E-state index in [0.29, 0.717) is 22.5 Å². The van der Waals surface area contributed by atoms with Crippen LogP contribution >= 0.6 is 12.2 Å². The van der Waals surface area contributed by atoms with E-state index in [1.807, 2.05) is 6.07 Å². The van der Waals surface area contributed by atoms with Crippen LogP contribution in [0.5, 0.6) is 0 Å². The van der Waals surface area contributed by atoms with Gasteiger partial charge in [0, 0.05) is 16.8 Å². The molecule has 0 heterocycles. The number of anilines is 2. The molecule has 28 heavy (non-hydrogen) atoms. The Morgan fingerprint density at radius 3 is 2.07 bits per heavy atom. The van der Waals surface area contributed by atoms with Gasteiger partial charge in [-0.15, -0.1) is 0 Å². The topological polar surface area (TPSA) is 101 Å². The summed E-state index contributed by atoms with van der Waals surface area (Å²) in [5.41, 5.74) is 2.21. The van der Waals surface area contributed by atoms with Gasteiger partial charge in [-0.05, 0) is 48.6 Å². The average molecular weight is 412 g/mol. The summed E-state index contributed by atoms with van der Waals surface area (Å²) in [6.45, 7) is 0. The maximum atomic E-state index is 12.8. The van der Waals surface area contributed by atoms with E-state index in [0.717, 1.165) is 0 Å². The lowest BCUT2D eigenvalue weighted by molar-refractivity contribution is 0.103. The van der Waals surface area contributed by atoms with Gasteiger partial charge in [-0.25, -0.2) is 13.6 Å². The Kier molecular flexibility index (Phi) is 5.84. The van der Waals surface area contributed by atoms with Gasteiger partial charge < -0.3 is 10.6 Å². The van der Waals surface area contributed by atoms with Gasteiger partial charge in [-0.1, -0.05) is 42.5 Å². The standard InChI is InChI=1S/C20H17N3O3S2/c21-28(25,26)16-12-10-15(11-13-16)22-20(27)23-18-9-5-4-8-17(18)19(24)14-6-2-1-3-7-14/h1-13H,(H2,21,25,26)(H2,22,23,27). The van der Waals surface area contributed by atoms with E-state index in [9.17, 15) is 13.2 Å². The molecule has 0 spiro atoms. The van der Waals surface area contributed by atoms with Crippen molar-refractivity contribution in [1.29, 1.82) is 0 Å². The highest BCUT2D eigenvalue weighted by molar-refractivity contribution is 7.89. The molecule has 0 aromatic heterocycles. The number of benzene rings is 3. The largest absolute Gasteiger partial charge is 0.332 e. The molecule has 3 aromatic carbocycles. The van der Waals surface area contributed by atoms with Crippen molar-refractivity contribution >= 4 is 44.5 Å². The second-order valence-electron chi connectivity index (χ2n) is 5.89. The minimum atomic E-state index is -3.75. The zero-order chi connectivity index (χ0) is 20.1. The molecule has 0 aliphatic carbocycles. The fourth-order valence-corrected chi connectivity index (χ4v) is 3.29. The molecule has 3 aromatic rings. The number of carbonyl (C=O) groups excluding carboxylic acids is 1. The van der Waals surface area contributed by atoms with Gasteiger partial charge in [0.25, 0.3) is 0 Å². The van der Waals surface area contributed by atoms with Gasteiger partial charge in [0.1, 0.15) is 0 Å². The zero-order valence-electron chi connectivity index (χ0n) is 14.6. The number of ketones is 1. The molecule has 0 unspecified atom stereocenters. The number of para-hydroxylation sites is 1. The van der Waals surface area contributed by atoms with E-state index in [1.54, 1.807) is 60.7 Å². The highest BCUT2D eigenvalue weighted by Gasteiger charge is 2.14. The number of carbonyl (C=O) groups is 1. The van der Waals surface area contributed by atoms with E-state index >= 15 is 0 Å². The van der Waals surface area contributed by atoms with Crippen LogP contribution in [0, 0.1) is 0 Å². The van der Waals surface area contributed by atoms with Gasteiger partial charge >= 0.3 is 0 Å². The predicted molar refractivity (Wildman–Crippen MR) is 114 cm³/mol. The Morgan fingerprint density at radius 1 is 0.821 bits per heavy atom. The highest BCUT2D eigenvalue weighted by Crippen LogP contribution is 2.20. The monoisotopic (exact) mass is 411 g/mol. The average Bonchev–Trinajstić information content (AvgIpc) is 2.68. The summed E-state index contributed by atoms with van der Waals surface area (Å²) in [4.78, 5) is 12.8. The molecule has 3 rings (SSSR count). The summed E-state index contributed by atoms with van der Waals surface area (Å²) in [6, 6.07) is 21.9. The van der Waals surface area contributed by atoms with Crippen molar-refractivity contribution in [3.05, 3.63) is 90.0 Å². The van der Waals surface area contributed by atoms with Crippen LogP contribution in [0.1, 0.15) is 15.9 Å². The lowest BCUT2D eigenvalue weighted by Crippen LogP contribution is -2.21. The molecule has 0 saturated heterocycles. The third-order valence-electron chi connectivity index (χ3n) is 3.90. The summed E-state index contributed by atoms with van der Waals surface area (Å²) in [5, 5.41) is 11.3. The van der Waals surface area contributed by atoms with Crippen molar-refractivity contribution in [2.24, 2.45) is 5.14 Å². The number of nitrogens with one attached hydrogen (secondary N) is 2. The van der Waals surface area contributed by atoms with Crippen molar-refractivity contribution in [2.75, 3.05) is 10.6 Å². The Labute approximate surface area is 168 Å². The summed E-state index contributed by atoms with van der Waals surface area (Å²) in [7, 11) is -3.75. The van der Waals surface area contributed by atoms with Gasteiger partial charge in [0.05, 0.1) is 10.6 Å². The predicted octanol–water partition coefficient (Wildman–Crippen LogP) is 3.37. The van der Waals surface area contributed by atoms with E-state index in [-0.39, 0.29) is 15.8 Å². The van der Waals surface area contributed by atoms with E-state index in [1.165, 1.54) is 12.1 Å². The molecule has 142 valence electrons. The maximum Gasteiger partial charge on any atom is 0.238 e. The molecule has 0 saturated carbocycles. The normalized spacial score (nSPS) is 10.9. The molecular formula is C20H17N3O3S2. The quantitative estimate of drug-likeness (QED) is 0.440. The molecule has 6 nitrogen and oxygen atoms in total. The highest BCUT2D eigenvalue weighted by atomic mass is 32.2. The number of rotatable bonds is 5. The Morgan fingerprint density at radius 2 is 1.43 bits per heavy atom. The van der Waals surface area contributed by atoms with Gasteiger partial charge in [-0.2, -0.15) is 0 Å². The molecule has 0 aliphatic heterocycles. The lowest BCUT2D eigenvalue weighted by Gasteiger charge is -2.14. The minimum Gasteiger partial charge on any atom is -0.332 e. The van der Waals surface area contributed by atoms with Crippen LogP contribution in [0.3, 0.4) is 0 Å². The van der Waals surface area contributed by atoms with E-state index in [2.05, 4.69) is 10.6 Å². The van der Waals surface area contributed by atoms with E-state index in [4.69, 9.17) is 17.4 Å². The Balaban J connectivity index is 1.75. The summed E-state index contributed by atoms with van der Waals surface area (Å²) in [5.74, 6) is -0.121. The smallest absolute Gasteiger partial charge is 0.238 e. The second kappa shape index (κ2) is 8.30.